The predicted molar refractivity (Wildman–Crippen MR) is 84.8 cm³/mol. The minimum Gasteiger partial charge on any atom is -0.490 e. The maximum absolute atomic E-state index is 6.00. The van der Waals surface area contributed by atoms with Crippen LogP contribution in [0, 0.1) is 0 Å². The van der Waals surface area contributed by atoms with Gasteiger partial charge in [-0.2, -0.15) is 0 Å². The van der Waals surface area contributed by atoms with Crippen molar-refractivity contribution in [2.24, 2.45) is 5.73 Å². The highest BCUT2D eigenvalue weighted by Gasteiger charge is 2.30. The zero-order chi connectivity index (χ0) is 14.8. The van der Waals surface area contributed by atoms with Crippen molar-refractivity contribution in [1.82, 2.24) is 4.90 Å². The molecule has 0 saturated carbocycles. The summed E-state index contributed by atoms with van der Waals surface area (Å²) in [4.78, 5) is 2.43. The number of hydrogen-bond donors (Lipinski definition) is 1. The average Bonchev–Trinajstić information content (AvgIpc) is 2.43. The van der Waals surface area contributed by atoms with Crippen molar-refractivity contribution in [1.29, 1.82) is 0 Å². The van der Waals surface area contributed by atoms with E-state index in [4.69, 9.17) is 33.7 Å². The standard InChI is InChI=1S/C15H22Cl2N2O/c1-15(2,10-18)19-7-5-11(6-8-19)20-12-3-4-13(16)14(17)9-12/h3-4,9,11H,5-8,10,18H2,1-2H3. The summed E-state index contributed by atoms with van der Waals surface area (Å²) in [5, 5.41) is 1.09. The van der Waals surface area contributed by atoms with Crippen LogP contribution < -0.4 is 10.5 Å². The van der Waals surface area contributed by atoms with Crippen LogP contribution in [-0.4, -0.2) is 36.2 Å². The van der Waals surface area contributed by atoms with Gasteiger partial charge >= 0.3 is 0 Å². The quantitative estimate of drug-likeness (QED) is 0.922. The summed E-state index contributed by atoms with van der Waals surface area (Å²) < 4.78 is 5.98. The van der Waals surface area contributed by atoms with Crippen LogP contribution in [0.3, 0.4) is 0 Å². The van der Waals surface area contributed by atoms with E-state index in [1.807, 2.05) is 6.07 Å². The molecule has 0 aromatic heterocycles. The normalized spacial score (nSPS) is 18.2. The van der Waals surface area contributed by atoms with E-state index in [0.717, 1.165) is 31.7 Å². The molecule has 0 spiro atoms. The first kappa shape index (κ1) is 15.9. The molecular formula is C15H22Cl2N2O. The maximum atomic E-state index is 6.00. The van der Waals surface area contributed by atoms with Gasteiger partial charge in [0.1, 0.15) is 11.9 Å². The molecule has 5 heteroatoms. The molecule has 1 aromatic rings. The van der Waals surface area contributed by atoms with E-state index < -0.39 is 0 Å². The van der Waals surface area contributed by atoms with Crippen LogP contribution in [0.25, 0.3) is 0 Å². The molecule has 112 valence electrons. The summed E-state index contributed by atoms with van der Waals surface area (Å²) in [6.07, 6.45) is 2.24. The summed E-state index contributed by atoms with van der Waals surface area (Å²) in [7, 11) is 0. The molecule has 1 heterocycles. The van der Waals surface area contributed by atoms with Crippen molar-refractivity contribution < 1.29 is 4.74 Å². The Labute approximate surface area is 131 Å². The van der Waals surface area contributed by atoms with Crippen LogP contribution in [0.1, 0.15) is 26.7 Å². The second-order valence-electron chi connectivity index (χ2n) is 5.90. The highest BCUT2D eigenvalue weighted by Crippen LogP contribution is 2.29. The van der Waals surface area contributed by atoms with Crippen LogP contribution in [0.2, 0.25) is 10.0 Å². The number of halogens is 2. The molecule has 0 unspecified atom stereocenters. The van der Waals surface area contributed by atoms with E-state index >= 15 is 0 Å². The number of piperidine rings is 1. The fraction of sp³-hybridized carbons (Fsp3) is 0.600. The Kier molecular flexibility index (Phi) is 5.19. The first-order chi connectivity index (χ1) is 9.42. The molecule has 0 atom stereocenters. The van der Waals surface area contributed by atoms with Crippen molar-refractivity contribution in [3.63, 3.8) is 0 Å². The van der Waals surface area contributed by atoms with Crippen molar-refractivity contribution in [2.45, 2.75) is 38.3 Å². The summed E-state index contributed by atoms with van der Waals surface area (Å²) in [6.45, 7) is 7.07. The van der Waals surface area contributed by atoms with Crippen LogP contribution >= 0.6 is 23.2 Å². The van der Waals surface area contributed by atoms with Gasteiger partial charge in [-0.05, 0) is 38.8 Å². The maximum Gasteiger partial charge on any atom is 0.121 e. The minimum absolute atomic E-state index is 0.0640. The summed E-state index contributed by atoms with van der Waals surface area (Å²) in [5.41, 5.74) is 5.89. The Hall–Kier alpha value is -0.480. The number of nitrogens with zero attached hydrogens (tertiary/aromatic N) is 1. The monoisotopic (exact) mass is 316 g/mol. The van der Waals surface area contributed by atoms with Gasteiger partial charge in [-0.25, -0.2) is 0 Å². The third kappa shape index (κ3) is 3.79. The van der Waals surface area contributed by atoms with Gasteiger partial charge in [0.25, 0.3) is 0 Å². The summed E-state index contributed by atoms with van der Waals surface area (Å²) >= 11 is 11.9. The van der Waals surface area contributed by atoms with E-state index in [1.54, 1.807) is 12.1 Å². The number of ether oxygens (including phenoxy) is 1. The third-order valence-electron chi connectivity index (χ3n) is 3.99. The molecule has 0 bridgehead atoms. The molecule has 3 nitrogen and oxygen atoms in total. The molecular weight excluding hydrogens is 295 g/mol. The van der Waals surface area contributed by atoms with Gasteiger partial charge in [0.2, 0.25) is 0 Å². The first-order valence-corrected chi connectivity index (χ1v) is 7.75. The summed E-state index contributed by atoms with van der Waals surface area (Å²) in [6, 6.07) is 5.41. The molecule has 0 amide bonds. The van der Waals surface area contributed by atoms with Gasteiger partial charge in [0.15, 0.2) is 0 Å². The van der Waals surface area contributed by atoms with Crippen LogP contribution in [0.4, 0.5) is 0 Å². The highest BCUT2D eigenvalue weighted by atomic mass is 35.5. The zero-order valence-electron chi connectivity index (χ0n) is 12.0. The fourth-order valence-electron chi connectivity index (χ4n) is 2.45. The number of hydrogen-bond acceptors (Lipinski definition) is 3. The molecule has 0 aliphatic carbocycles. The second-order valence-corrected chi connectivity index (χ2v) is 6.71. The highest BCUT2D eigenvalue weighted by molar-refractivity contribution is 6.42. The smallest absolute Gasteiger partial charge is 0.121 e. The lowest BCUT2D eigenvalue weighted by molar-refractivity contribution is 0.0447. The second kappa shape index (κ2) is 6.52. The molecule has 2 rings (SSSR count). The Bertz CT molecular complexity index is 457. The molecule has 1 aromatic carbocycles. The molecule has 0 radical (unpaired) electrons. The van der Waals surface area contributed by atoms with Gasteiger partial charge < -0.3 is 10.5 Å². The van der Waals surface area contributed by atoms with E-state index in [2.05, 4.69) is 18.7 Å². The topological polar surface area (TPSA) is 38.5 Å². The Morgan fingerprint density at radius 1 is 1.25 bits per heavy atom. The van der Waals surface area contributed by atoms with E-state index in [9.17, 15) is 0 Å². The molecule has 20 heavy (non-hydrogen) atoms. The van der Waals surface area contributed by atoms with E-state index in [1.165, 1.54) is 0 Å². The molecule has 1 fully saturated rings. The molecule has 1 aliphatic heterocycles. The lowest BCUT2D eigenvalue weighted by Crippen LogP contribution is -2.53. The van der Waals surface area contributed by atoms with Gasteiger partial charge in [0.05, 0.1) is 10.0 Å². The molecule has 1 aliphatic rings. The lowest BCUT2D eigenvalue weighted by Gasteiger charge is -2.42. The lowest BCUT2D eigenvalue weighted by atomic mass is 9.97. The van der Waals surface area contributed by atoms with Crippen LogP contribution in [0.5, 0.6) is 5.75 Å². The SMILES string of the molecule is CC(C)(CN)N1CCC(Oc2ccc(Cl)c(Cl)c2)CC1. The van der Waals surface area contributed by atoms with Gasteiger partial charge in [-0.3, -0.25) is 4.90 Å². The van der Waals surface area contributed by atoms with Gasteiger partial charge in [-0.15, -0.1) is 0 Å². The Balaban J connectivity index is 1.90. The number of likely N-dealkylation sites (tertiary alicyclic amines) is 1. The zero-order valence-corrected chi connectivity index (χ0v) is 13.5. The number of benzene rings is 1. The largest absolute Gasteiger partial charge is 0.490 e. The van der Waals surface area contributed by atoms with Crippen molar-refractivity contribution >= 4 is 23.2 Å². The predicted octanol–water partition coefficient (Wildman–Crippen LogP) is 3.57. The van der Waals surface area contributed by atoms with Gasteiger partial charge in [-0.1, -0.05) is 23.2 Å². The van der Waals surface area contributed by atoms with E-state index in [-0.39, 0.29) is 11.6 Å². The van der Waals surface area contributed by atoms with Crippen molar-refractivity contribution in [2.75, 3.05) is 19.6 Å². The summed E-state index contributed by atoms with van der Waals surface area (Å²) in [5.74, 6) is 0.788. The van der Waals surface area contributed by atoms with Crippen LogP contribution in [-0.2, 0) is 0 Å². The average molecular weight is 317 g/mol. The number of nitrogens with two attached hydrogens (primary N) is 1. The Morgan fingerprint density at radius 3 is 2.45 bits per heavy atom. The number of rotatable bonds is 4. The van der Waals surface area contributed by atoms with Crippen molar-refractivity contribution in [3.05, 3.63) is 28.2 Å². The van der Waals surface area contributed by atoms with Crippen LogP contribution in [0.15, 0.2) is 18.2 Å². The first-order valence-electron chi connectivity index (χ1n) is 6.99. The van der Waals surface area contributed by atoms with Gasteiger partial charge in [0, 0.05) is 31.2 Å². The molecule has 1 saturated heterocycles. The third-order valence-corrected chi connectivity index (χ3v) is 4.73. The van der Waals surface area contributed by atoms with Crippen molar-refractivity contribution in [3.8, 4) is 5.75 Å². The minimum atomic E-state index is 0.0640. The van der Waals surface area contributed by atoms with E-state index in [0.29, 0.717) is 16.6 Å². The molecule has 2 N–H and O–H groups in total. The Morgan fingerprint density at radius 2 is 1.90 bits per heavy atom. The fourth-order valence-corrected chi connectivity index (χ4v) is 2.74.